The number of hydrogen-bond donors (Lipinski definition) is 0. The molecule has 4 nitrogen and oxygen atoms in total. The standard InChI is InChI=1S/C21H17FN2O2S2/c1-23-20(25)19(28-21(23)27)12-14-13-24(17-8-4-2-6-15(14)17)10-11-26-18-9-5-3-7-16(18)22/h2-9,12-13H,10-11H2,1H3/b19-12-. The monoisotopic (exact) mass is 412 g/mol. The fourth-order valence-electron chi connectivity index (χ4n) is 3.08. The number of para-hydroxylation sites is 2. The van der Waals surface area contributed by atoms with Crippen molar-refractivity contribution in [2.75, 3.05) is 13.7 Å². The average Bonchev–Trinajstić information content (AvgIpc) is 3.16. The molecule has 0 bridgehead atoms. The van der Waals surface area contributed by atoms with E-state index in [1.807, 2.05) is 36.5 Å². The van der Waals surface area contributed by atoms with E-state index in [9.17, 15) is 9.18 Å². The van der Waals surface area contributed by atoms with Gasteiger partial charge in [0.1, 0.15) is 10.9 Å². The summed E-state index contributed by atoms with van der Waals surface area (Å²) in [6.07, 6.45) is 3.86. The predicted octanol–water partition coefficient (Wildman–Crippen LogP) is 4.69. The van der Waals surface area contributed by atoms with Crippen molar-refractivity contribution in [3.05, 3.63) is 71.0 Å². The normalized spacial score (nSPS) is 15.8. The van der Waals surface area contributed by atoms with Crippen LogP contribution < -0.4 is 4.74 Å². The molecule has 0 unspecified atom stereocenters. The van der Waals surface area contributed by atoms with Gasteiger partial charge in [-0.1, -0.05) is 54.3 Å². The van der Waals surface area contributed by atoms with Gasteiger partial charge in [0.25, 0.3) is 5.91 Å². The van der Waals surface area contributed by atoms with Gasteiger partial charge in [0.2, 0.25) is 0 Å². The van der Waals surface area contributed by atoms with E-state index in [0.717, 1.165) is 16.5 Å². The molecule has 1 saturated heterocycles. The first-order valence-electron chi connectivity index (χ1n) is 8.71. The van der Waals surface area contributed by atoms with Crippen LogP contribution in [0.5, 0.6) is 5.75 Å². The van der Waals surface area contributed by atoms with Gasteiger partial charge >= 0.3 is 0 Å². The van der Waals surface area contributed by atoms with Crippen LogP contribution in [0.4, 0.5) is 4.39 Å². The maximum Gasteiger partial charge on any atom is 0.265 e. The van der Waals surface area contributed by atoms with Crippen molar-refractivity contribution in [1.82, 2.24) is 9.47 Å². The Morgan fingerprint density at radius 2 is 1.93 bits per heavy atom. The largest absolute Gasteiger partial charge is 0.489 e. The zero-order valence-corrected chi connectivity index (χ0v) is 16.7. The van der Waals surface area contributed by atoms with E-state index >= 15 is 0 Å². The molecule has 1 aromatic heterocycles. The van der Waals surface area contributed by atoms with Crippen LogP contribution in [0.25, 0.3) is 17.0 Å². The van der Waals surface area contributed by atoms with E-state index in [-0.39, 0.29) is 17.5 Å². The molecule has 28 heavy (non-hydrogen) atoms. The summed E-state index contributed by atoms with van der Waals surface area (Å²) in [5, 5.41) is 1.04. The Balaban J connectivity index is 1.59. The second-order valence-corrected chi connectivity index (χ2v) is 7.99. The zero-order valence-electron chi connectivity index (χ0n) is 15.1. The maximum atomic E-state index is 13.7. The lowest BCUT2D eigenvalue weighted by Crippen LogP contribution is -2.22. The zero-order chi connectivity index (χ0) is 19.7. The van der Waals surface area contributed by atoms with Gasteiger partial charge in [-0.25, -0.2) is 4.39 Å². The minimum Gasteiger partial charge on any atom is -0.489 e. The van der Waals surface area contributed by atoms with Gasteiger partial charge < -0.3 is 9.30 Å². The molecule has 2 heterocycles. The molecule has 142 valence electrons. The molecule has 7 heteroatoms. The molecule has 0 atom stereocenters. The minimum atomic E-state index is -0.373. The van der Waals surface area contributed by atoms with E-state index in [1.54, 1.807) is 25.2 Å². The number of ether oxygens (including phenoxy) is 1. The van der Waals surface area contributed by atoms with Crippen molar-refractivity contribution in [3.63, 3.8) is 0 Å². The van der Waals surface area contributed by atoms with Crippen molar-refractivity contribution in [3.8, 4) is 5.75 Å². The van der Waals surface area contributed by atoms with E-state index in [2.05, 4.69) is 4.57 Å². The number of hydrogen-bond acceptors (Lipinski definition) is 4. The molecule has 3 aromatic rings. The van der Waals surface area contributed by atoms with Gasteiger partial charge in [0.15, 0.2) is 11.6 Å². The number of thiocarbonyl (C=S) groups is 1. The van der Waals surface area contributed by atoms with Gasteiger partial charge in [-0.15, -0.1) is 0 Å². The summed E-state index contributed by atoms with van der Waals surface area (Å²) in [4.78, 5) is 14.4. The smallest absolute Gasteiger partial charge is 0.265 e. The highest BCUT2D eigenvalue weighted by Gasteiger charge is 2.29. The minimum absolute atomic E-state index is 0.0882. The first-order chi connectivity index (χ1) is 13.5. The van der Waals surface area contributed by atoms with Crippen LogP contribution in [0, 0.1) is 5.82 Å². The molecule has 0 radical (unpaired) electrons. The Kier molecular flexibility index (Phi) is 5.19. The number of fused-ring (bicyclic) bond motifs is 1. The number of halogens is 1. The van der Waals surface area contributed by atoms with E-state index < -0.39 is 0 Å². The number of benzene rings is 2. The molecular weight excluding hydrogens is 395 g/mol. The molecule has 1 fully saturated rings. The third kappa shape index (κ3) is 3.55. The molecule has 1 aliphatic rings. The van der Waals surface area contributed by atoms with Gasteiger partial charge in [0, 0.05) is 29.7 Å². The summed E-state index contributed by atoms with van der Waals surface area (Å²) in [5.41, 5.74) is 1.97. The van der Waals surface area contributed by atoms with Crippen LogP contribution in [0.15, 0.2) is 59.6 Å². The van der Waals surface area contributed by atoms with Gasteiger partial charge in [0.05, 0.1) is 11.4 Å². The summed E-state index contributed by atoms with van der Waals surface area (Å²) in [6, 6.07) is 14.3. The van der Waals surface area contributed by atoms with Gasteiger partial charge in [-0.3, -0.25) is 9.69 Å². The van der Waals surface area contributed by atoms with Crippen LogP contribution in [0.1, 0.15) is 5.56 Å². The number of amides is 1. The highest BCUT2D eigenvalue weighted by Crippen LogP contribution is 2.33. The Labute approximate surface area is 171 Å². The molecule has 0 saturated carbocycles. The number of carbonyl (C=O) groups excluding carboxylic acids is 1. The summed E-state index contributed by atoms with van der Waals surface area (Å²) in [5.74, 6) is -0.220. The topological polar surface area (TPSA) is 34.5 Å². The Bertz CT molecular complexity index is 1110. The number of aromatic nitrogens is 1. The van der Waals surface area contributed by atoms with Crippen molar-refractivity contribution in [1.29, 1.82) is 0 Å². The van der Waals surface area contributed by atoms with Crippen molar-refractivity contribution in [2.24, 2.45) is 0 Å². The number of nitrogens with zero attached hydrogens (tertiary/aromatic N) is 2. The predicted molar refractivity (Wildman–Crippen MR) is 115 cm³/mol. The number of thioether (sulfide) groups is 1. The third-order valence-electron chi connectivity index (χ3n) is 4.52. The SMILES string of the molecule is CN1C(=O)/C(=C/c2cn(CCOc3ccccc3F)c3ccccc23)SC1=S. The van der Waals surface area contributed by atoms with E-state index in [4.69, 9.17) is 17.0 Å². The van der Waals surface area contributed by atoms with Crippen LogP contribution in [0.2, 0.25) is 0 Å². The van der Waals surface area contributed by atoms with Crippen LogP contribution in [-0.4, -0.2) is 33.3 Å². The second kappa shape index (κ2) is 7.77. The third-order valence-corrected chi connectivity index (χ3v) is 6.00. The number of likely N-dealkylation sites (N-methyl/N-ethyl adjacent to an activating group) is 1. The van der Waals surface area contributed by atoms with Crippen molar-refractivity contribution < 1.29 is 13.9 Å². The molecule has 0 aliphatic carbocycles. The van der Waals surface area contributed by atoms with Crippen LogP contribution in [0.3, 0.4) is 0 Å². The second-order valence-electron chi connectivity index (χ2n) is 6.31. The lowest BCUT2D eigenvalue weighted by molar-refractivity contribution is -0.121. The lowest BCUT2D eigenvalue weighted by Gasteiger charge is -2.08. The summed E-state index contributed by atoms with van der Waals surface area (Å²) in [6.45, 7) is 0.882. The molecule has 0 N–H and O–H groups in total. The Hall–Kier alpha value is -2.64. The first kappa shape index (κ1) is 18.7. The fourth-order valence-corrected chi connectivity index (χ4v) is 4.25. The van der Waals surface area contributed by atoms with Gasteiger partial charge in [-0.2, -0.15) is 0 Å². The fraction of sp³-hybridized carbons (Fsp3) is 0.143. The van der Waals surface area contributed by atoms with Crippen LogP contribution in [-0.2, 0) is 11.3 Å². The number of carbonyl (C=O) groups is 1. The molecule has 2 aromatic carbocycles. The van der Waals surface area contributed by atoms with E-state index in [1.165, 1.54) is 22.7 Å². The Morgan fingerprint density at radius 1 is 1.18 bits per heavy atom. The number of rotatable bonds is 5. The Morgan fingerprint density at radius 3 is 2.68 bits per heavy atom. The highest BCUT2D eigenvalue weighted by atomic mass is 32.2. The first-order valence-corrected chi connectivity index (χ1v) is 9.94. The molecule has 0 spiro atoms. The van der Waals surface area contributed by atoms with Crippen LogP contribution >= 0.6 is 24.0 Å². The molecule has 1 aliphatic heterocycles. The highest BCUT2D eigenvalue weighted by molar-refractivity contribution is 8.26. The quantitative estimate of drug-likeness (QED) is 0.450. The van der Waals surface area contributed by atoms with Crippen molar-refractivity contribution >= 4 is 51.2 Å². The molecule has 4 rings (SSSR count). The van der Waals surface area contributed by atoms with E-state index in [0.29, 0.717) is 22.4 Å². The summed E-state index contributed by atoms with van der Waals surface area (Å²) >= 11 is 6.51. The molecule has 1 amide bonds. The maximum absolute atomic E-state index is 13.7. The van der Waals surface area contributed by atoms with Crippen molar-refractivity contribution in [2.45, 2.75) is 6.54 Å². The summed E-state index contributed by atoms with van der Waals surface area (Å²) in [7, 11) is 1.68. The summed E-state index contributed by atoms with van der Waals surface area (Å²) < 4.78 is 21.9. The lowest BCUT2D eigenvalue weighted by atomic mass is 10.1. The van der Waals surface area contributed by atoms with Gasteiger partial charge in [-0.05, 0) is 24.3 Å². The molecular formula is C21H17FN2O2S2. The average molecular weight is 413 g/mol.